The van der Waals surface area contributed by atoms with Crippen molar-refractivity contribution in [2.45, 2.75) is 33.0 Å². The summed E-state index contributed by atoms with van der Waals surface area (Å²) in [5.41, 5.74) is 2.29. The number of carbonyl (C=O) groups excluding carboxylic acids is 2. The highest BCUT2D eigenvalue weighted by Crippen LogP contribution is 2.41. The molecule has 3 heterocycles. The van der Waals surface area contributed by atoms with Gasteiger partial charge in [0.1, 0.15) is 35.7 Å². The molecule has 4 aromatic rings. The van der Waals surface area contributed by atoms with Gasteiger partial charge in [-0.25, -0.2) is 0 Å². The van der Waals surface area contributed by atoms with Crippen LogP contribution in [0.25, 0.3) is 5.76 Å². The molecule has 7 heteroatoms. The topological polar surface area (TPSA) is 80.0 Å². The summed E-state index contributed by atoms with van der Waals surface area (Å²) in [5.74, 6) is 0.131. The number of hydrogen-bond acceptors (Lipinski definition) is 6. The van der Waals surface area contributed by atoms with Crippen LogP contribution < -0.4 is 4.74 Å². The Bertz CT molecular complexity index is 1440. The number of benzene rings is 2. The Morgan fingerprint density at radius 1 is 1.03 bits per heavy atom. The van der Waals surface area contributed by atoms with E-state index in [0.29, 0.717) is 29.4 Å². The zero-order valence-electron chi connectivity index (χ0n) is 19.9. The molecule has 1 unspecified atom stereocenters. The molecule has 1 aliphatic heterocycles. The number of aliphatic hydroxyl groups is 1. The molecular formula is C29H25NO5S. The predicted octanol–water partition coefficient (Wildman–Crippen LogP) is 6.16. The van der Waals surface area contributed by atoms with Gasteiger partial charge in [0.2, 0.25) is 0 Å². The normalized spacial score (nSPS) is 17.1. The summed E-state index contributed by atoms with van der Waals surface area (Å²) in [6.45, 7) is 4.33. The minimum absolute atomic E-state index is 0.0169. The van der Waals surface area contributed by atoms with Gasteiger partial charge in [0.25, 0.3) is 11.7 Å². The Labute approximate surface area is 213 Å². The Hall–Kier alpha value is -4.10. The van der Waals surface area contributed by atoms with Crippen LogP contribution in [-0.4, -0.2) is 21.7 Å². The maximum atomic E-state index is 13.2. The van der Waals surface area contributed by atoms with E-state index in [2.05, 4.69) is 0 Å². The molecule has 0 radical (unpaired) electrons. The first kappa shape index (κ1) is 23.6. The van der Waals surface area contributed by atoms with E-state index in [1.165, 1.54) is 16.2 Å². The van der Waals surface area contributed by atoms with E-state index in [9.17, 15) is 14.7 Å². The maximum Gasteiger partial charge on any atom is 0.296 e. The first-order valence-corrected chi connectivity index (χ1v) is 12.4. The van der Waals surface area contributed by atoms with Crippen molar-refractivity contribution in [3.8, 4) is 5.75 Å². The quantitative estimate of drug-likeness (QED) is 0.187. The highest BCUT2D eigenvalue weighted by atomic mass is 32.1. The van der Waals surface area contributed by atoms with Crippen molar-refractivity contribution in [3.05, 3.63) is 117 Å². The number of amides is 1. The molecule has 2 aromatic carbocycles. The summed E-state index contributed by atoms with van der Waals surface area (Å²) in [6, 6.07) is 21.6. The van der Waals surface area contributed by atoms with E-state index in [0.717, 1.165) is 16.0 Å². The zero-order valence-corrected chi connectivity index (χ0v) is 20.7. The van der Waals surface area contributed by atoms with Crippen molar-refractivity contribution in [1.82, 2.24) is 4.90 Å². The van der Waals surface area contributed by atoms with Crippen molar-refractivity contribution < 1.29 is 23.8 Å². The highest BCUT2D eigenvalue weighted by molar-refractivity contribution is 7.09. The van der Waals surface area contributed by atoms with Crippen LogP contribution in [0.3, 0.4) is 0 Å². The highest BCUT2D eigenvalue weighted by Gasteiger charge is 2.47. The first-order chi connectivity index (χ1) is 17.4. The summed E-state index contributed by atoms with van der Waals surface area (Å²) < 4.78 is 11.8. The number of likely N-dealkylation sites (tertiary alicyclic amines) is 1. The molecule has 1 atom stereocenters. The molecule has 1 N–H and O–H groups in total. The Kier molecular flexibility index (Phi) is 6.48. The second kappa shape index (κ2) is 9.87. The SMILES string of the molecule is Cc1ccc(C2/C(=C(/O)c3ccc(OCc4ccccc4)c(C)c3)C(=O)C(=O)N2Cc2cccs2)o1. The molecule has 0 aliphatic carbocycles. The van der Waals surface area contributed by atoms with E-state index in [-0.39, 0.29) is 17.9 Å². The smallest absolute Gasteiger partial charge is 0.296 e. The molecule has 1 fully saturated rings. The minimum atomic E-state index is -0.824. The number of aryl methyl sites for hydroxylation is 2. The van der Waals surface area contributed by atoms with Gasteiger partial charge in [0.15, 0.2) is 0 Å². The van der Waals surface area contributed by atoms with Crippen molar-refractivity contribution >= 4 is 28.8 Å². The molecule has 36 heavy (non-hydrogen) atoms. The monoisotopic (exact) mass is 499 g/mol. The number of furan rings is 1. The lowest BCUT2D eigenvalue weighted by molar-refractivity contribution is -0.140. The summed E-state index contributed by atoms with van der Waals surface area (Å²) in [4.78, 5) is 28.7. The Morgan fingerprint density at radius 2 is 1.83 bits per heavy atom. The van der Waals surface area contributed by atoms with E-state index in [1.807, 2.05) is 54.8 Å². The van der Waals surface area contributed by atoms with Gasteiger partial charge < -0.3 is 19.2 Å². The first-order valence-electron chi connectivity index (χ1n) is 11.6. The minimum Gasteiger partial charge on any atom is -0.507 e. The van der Waals surface area contributed by atoms with Crippen LogP contribution in [0, 0.1) is 13.8 Å². The molecule has 5 rings (SSSR count). The standard InChI is InChI=1S/C29H25NO5S/c1-18-15-21(11-13-23(18)34-17-20-7-4-3-5-8-20)27(31)25-26(24-12-10-19(2)35-24)30(29(33)28(25)32)16-22-9-6-14-36-22/h3-15,26,31H,16-17H2,1-2H3/b27-25-. The number of nitrogens with zero attached hydrogens (tertiary/aromatic N) is 1. The van der Waals surface area contributed by atoms with E-state index < -0.39 is 17.7 Å². The third-order valence-corrected chi connectivity index (χ3v) is 7.02. The summed E-state index contributed by atoms with van der Waals surface area (Å²) in [5, 5.41) is 13.2. The van der Waals surface area contributed by atoms with Gasteiger partial charge >= 0.3 is 0 Å². The van der Waals surface area contributed by atoms with Crippen molar-refractivity contribution in [1.29, 1.82) is 0 Å². The van der Waals surface area contributed by atoms with Gasteiger partial charge in [0, 0.05) is 10.4 Å². The summed E-state index contributed by atoms with van der Waals surface area (Å²) >= 11 is 1.50. The number of ether oxygens (including phenoxy) is 1. The lowest BCUT2D eigenvalue weighted by Crippen LogP contribution is -2.28. The van der Waals surface area contributed by atoms with Crippen LogP contribution in [-0.2, 0) is 22.7 Å². The number of carbonyl (C=O) groups is 2. The molecule has 0 spiro atoms. The van der Waals surface area contributed by atoms with E-state index in [1.54, 1.807) is 37.3 Å². The largest absolute Gasteiger partial charge is 0.507 e. The fourth-order valence-electron chi connectivity index (χ4n) is 4.36. The molecule has 1 amide bonds. The van der Waals surface area contributed by atoms with Crippen LogP contribution in [0.4, 0.5) is 0 Å². The van der Waals surface area contributed by atoms with Crippen LogP contribution in [0.2, 0.25) is 0 Å². The van der Waals surface area contributed by atoms with Gasteiger partial charge in [-0.15, -0.1) is 11.3 Å². The van der Waals surface area contributed by atoms with Gasteiger partial charge in [-0.05, 0) is 66.8 Å². The fraction of sp³-hybridized carbons (Fsp3) is 0.172. The summed E-state index contributed by atoms with van der Waals surface area (Å²) in [7, 11) is 0. The van der Waals surface area contributed by atoms with Crippen LogP contribution in [0.15, 0.2) is 88.2 Å². The number of ketones is 1. The average molecular weight is 500 g/mol. The van der Waals surface area contributed by atoms with Crippen molar-refractivity contribution in [2.24, 2.45) is 0 Å². The average Bonchev–Trinajstić information content (AvgIpc) is 3.61. The summed E-state index contributed by atoms with van der Waals surface area (Å²) in [6.07, 6.45) is 0. The molecule has 182 valence electrons. The van der Waals surface area contributed by atoms with E-state index >= 15 is 0 Å². The number of thiophene rings is 1. The molecule has 2 aromatic heterocycles. The van der Waals surface area contributed by atoms with Gasteiger partial charge in [-0.2, -0.15) is 0 Å². The Balaban J connectivity index is 1.50. The number of Topliss-reactive ketones (excluding diaryl/α,β-unsaturated/α-hetero) is 1. The van der Waals surface area contributed by atoms with Gasteiger partial charge in [0.05, 0.1) is 12.1 Å². The molecule has 1 saturated heterocycles. The van der Waals surface area contributed by atoms with Crippen LogP contribution in [0.1, 0.15) is 39.1 Å². The van der Waals surface area contributed by atoms with Crippen LogP contribution in [0.5, 0.6) is 5.75 Å². The zero-order chi connectivity index (χ0) is 25.2. The second-order valence-corrected chi connectivity index (χ2v) is 9.74. The number of rotatable bonds is 7. The maximum absolute atomic E-state index is 13.2. The van der Waals surface area contributed by atoms with Crippen LogP contribution >= 0.6 is 11.3 Å². The lowest BCUT2D eigenvalue weighted by atomic mass is 9.98. The molecule has 6 nitrogen and oxygen atoms in total. The fourth-order valence-corrected chi connectivity index (χ4v) is 5.06. The number of hydrogen-bond donors (Lipinski definition) is 1. The molecule has 1 aliphatic rings. The molecular weight excluding hydrogens is 474 g/mol. The molecule has 0 saturated carbocycles. The third kappa shape index (κ3) is 4.57. The van der Waals surface area contributed by atoms with E-state index in [4.69, 9.17) is 9.15 Å². The molecule has 0 bridgehead atoms. The lowest BCUT2D eigenvalue weighted by Gasteiger charge is -2.22. The van der Waals surface area contributed by atoms with Crippen molar-refractivity contribution in [2.75, 3.05) is 0 Å². The Morgan fingerprint density at radius 3 is 2.50 bits per heavy atom. The van der Waals surface area contributed by atoms with Crippen molar-refractivity contribution in [3.63, 3.8) is 0 Å². The predicted molar refractivity (Wildman–Crippen MR) is 138 cm³/mol. The second-order valence-electron chi connectivity index (χ2n) is 8.71. The third-order valence-electron chi connectivity index (χ3n) is 6.16. The number of aliphatic hydroxyl groups excluding tert-OH is 1. The van der Waals surface area contributed by atoms with Gasteiger partial charge in [-0.3, -0.25) is 9.59 Å². The van der Waals surface area contributed by atoms with Gasteiger partial charge in [-0.1, -0.05) is 36.4 Å².